The average Bonchev–Trinajstić information content (AvgIpc) is 3.54. The second-order valence-electron chi connectivity index (χ2n) is 9.98. The van der Waals surface area contributed by atoms with Crippen LogP contribution in [0.4, 0.5) is 24.7 Å². The van der Waals surface area contributed by atoms with E-state index in [-0.39, 0.29) is 23.6 Å². The molecule has 1 aromatic heterocycles. The maximum atomic E-state index is 13.5. The molecule has 9 nitrogen and oxygen atoms in total. The predicted octanol–water partition coefficient (Wildman–Crippen LogP) is 3.08. The van der Waals surface area contributed by atoms with Crippen molar-refractivity contribution in [3.05, 3.63) is 42.0 Å². The number of nitrogens with zero attached hydrogens (tertiary/aromatic N) is 3. The van der Waals surface area contributed by atoms with E-state index in [1.165, 1.54) is 18.2 Å². The first-order valence-electron chi connectivity index (χ1n) is 12.6. The van der Waals surface area contributed by atoms with Crippen molar-refractivity contribution in [1.82, 2.24) is 9.71 Å². The summed E-state index contributed by atoms with van der Waals surface area (Å²) >= 11 is 0. The van der Waals surface area contributed by atoms with Crippen LogP contribution in [-0.4, -0.2) is 62.3 Å². The number of hydrogen-bond acceptors (Lipinski definition) is 8. The van der Waals surface area contributed by atoms with Crippen LogP contribution in [0, 0.1) is 0 Å². The lowest BCUT2D eigenvalue weighted by molar-refractivity contribution is -0.137. The highest BCUT2D eigenvalue weighted by atomic mass is 32.2. The molecule has 206 valence electrons. The number of ether oxygens (including phenoxy) is 1. The molecule has 3 heterocycles. The number of benzene rings is 1. The number of rotatable bonds is 7. The fraction of sp³-hybridized carbons (Fsp3) is 0.520. The Labute approximate surface area is 218 Å². The molecule has 3 fully saturated rings. The van der Waals surface area contributed by atoms with E-state index in [0.29, 0.717) is 44.1 Å². The second kappa shape index (κ2) is 9.92. The summed E-state index contributed by atoms with van der Waals surface area (Å²) in [7, 11) is -4.39. The lowest BCUT2D eigenvalue weighted by atomic mass is 10.1. The fourth-order valence-electron chi connectivity index (χ4n) is 4.81. The highest BCUT2D eigenvalue weighted by molar-refractivity contribution is 7.90. The second-order valence-corrected chi connectivity index (χ2v) is 11.6. The third-order valence-electron chi connectivity index (χ3n) is 7.11. The van der Waals surface area contributed by atoms with Gasteiger partial charge in [0.2, 0.25) is 0 Å². The molecule has 0 unspecified atom stereocenters. The van der Waals surface area contributed by atoms with Gasteiger partial charge in [0, 0.05) is 39.0 Å². The third kappa shape index (κ3) is 5.53. The molecule has 1 amide bonds. The normalized spacial score (nSPS) is 21.3. The van der Waals surface area contributed by atoms with Gasteiger partial charge in [-0.1, -0.05) is 6.07 Å². The van der Waals surface area contributed by atoms with Crippen molar-refractivity contribution in [3.63, 3.8) is 0 Å². The molecule has 1 saturated carbocycles. The fourth-order valence-corrected chi connectivity index (χ4v) is 5.82. The van der Waals surface area contributed by atoms with Gasteiger partial charge in [-0.05, 0) is 56.0 Å². The number of halogens is 3. The van der Waals surface area contributed by atoms with Gasteiger partial charge in [-0.3, -0.25) is 4.79 Å². The Morgan fingerprint density at radius 2 is 1.82 bits per heavy atom. The number of amides is 1. The number of carbonyl (C=O) groups excluding carboxylic acids is 1. The van der Waals surface area contributed by atoms with Crippen molar-refractivity contribution in [2.75, 3.05) is 36.0 Å². The lowest BCUT2D eigenvalue weighted by Gasteiger charge is -2.31. The van der Waals surface area contributed by atoms with E-state index < -0.39 is 39.4 Å². The maximum Gasteiger partial charge on any atom is 0.416 e. The van der Waals surface area contributed by atoms with Crippen LogP contribution in [0.3, 0.4) is 0 Å². The van der Waals surface area contributed by atoms with Crippen LogP contribution in [-0.2, 0) is 21.0 Å². The number of pyridine rings is 1. The highest BCUT2D eigenvalue weighted by Crippen LogP contribution is 2.45. The number of piperidine rings is 1. The quantitative estimate of drug-likeness (QED) is 0.537. The van der Waals surface area contributed by atoms with Crippen LogP contribution >= 0.6 is 0 Å². The summed E-state index contributed by atoms with van der Waals surface area (Å²) in [6.07, 6.45) is -1.52. The van der Waals surface area contributed by atoms with Gasteiger partial charge in [-0.2, -0.15) is 21.6 Å². The first kappa shape index (κ1) is 26.5. The van der Waals surface area contributed by atoms with E-state index in [9.17, 15) is 31.5 Å². The van der Waals surface area contributed by atoms with E-state index >= 15 is 0 Å². The molecule has 5 rings (SSSR count). The van der Waals surface area contributed by atoms with Crippen molar-refractivity contribution >= 4 is 27.4 Å². The lowest BCUT2D eigenvalue weighted by Crippen LogP contribution is -2.44. The molecule has 3 aliphatic rings. The molecule has 0 bridgehead atoms. The third-order valence-corrected chi connectivity index (χ3v) is 8.34. The van der Waals surface area contributed by atoms with E-state index in [0.717, 1.165) is 31.4 Å². The molecule has 1 atom stereocenters. The van der Waals surface area contributed by atoms with Gasteiger partial charge in [0.15, 0.2) is 10.6 Å². The van der Waals surface area contributed by atoms with Crippen LogP contribution in [0.2, 0.25) is 0 Å². The smallest absolute Gasteiger partial charge is 0.416 e. The van der Waals surface area contributed by atoms with Gasteiger partial charge in [-0.25, -0.2) is 9.71 Å². The number of β-amino-alcohol motifs (C(OH)–C–C–N with tert-alkyl or cyclic N) is 1. The maximum absolute atomic E-state index is 13.5. The van der Waals surface area contributed by atoms with E-state index in [2.05, 4.69) is 4.98 Å². The Balaban J connectivity index is 1.37. The number of hydrogen-bond donors (Lipinski definition) is 2. The molecule has 2 aliphatic heterocycles. The molecule has 1 aromatic carbocycles. The molecule has 13 heteroatoms. The number of anilines is 2. The van der Waals surface area contributed by atoms with Gasteiger partial charge >= 0.3 is 6.18 Å². The Morgan fingerprint density at radius 1 is 1.08 bits per heavy atom. The van der Waals surface area contributed by atoms with E-state index in [1.54, 1.807) is 11.0 Å². The van der Waals surface area contributed by atoms with Crippen LogP contribution in [0.5, 0.6) is 5.75 Å². The molecule has 2 N–H and O–H groups in total. The summed E-state index contributed by atoms with van der Waals surface area (Å²) in [6.45, 7) is 2.12. The molecule has 38 heavy (non-hydrogen) atoms. The SMILES string of the molecule is O=C(NS(=O)(=O)c1cccc(N2CC[C@H](O)C2)n1)C1(Oc2cc(C(F)(F)F)ccc2N2CCCCC2)CC1. The number of sulfonamides is 1. The van der Waals surface area contributed by atoms with Crippen molar-refractivity contribution in [2.45, 2.75) is 61.4 Å². The van der Waals surface area contributed by atoms with Crippen molar-refractivity contribution < 1.29 is 36.2 Å². The van der Waals surface area contributed by atoms with Gasteiger partial charge in [0.25, 0.3) is 15.9 Å². The highest BCUT2D eigenvalue weighted by Gasteiger charge is 2.55. The summed E-state index contributed by atoms with van der Waals surface area (Å²) in [5.41, 5.74) is -2.06. The minimum atomic E-state index is -4.61. The van der Waals surface area contributed by atoms with Crippen LogP contribution < -0.4 is 19.3 Å². The van der Waals surface area contributed by atoms with Gasteiger partial charge < -0.3 is 19.6 Å². The minimum absolute atomic E-state index is 0.0977. The van der Waals surface area contributed by atoms with Crippen LogP contribution in [0.15, 0.2) is 41.4 Å². The summed E-state index contributed by atoms with van der Waals surface area (Å²) in [4.78, 5) is 21.0. The molecular formula is C25H29F3N4O5S. The van der Waals surface area contributed by atoms with Gasteiger partial charge in [0.05, 0.1) is 17.4 Å². The Kier molecular flexibility index (Phi) is 6.93. The summed E-state index contributed by atoms with van der Waals surface area (Å²) in [6, 6.07) is 7.55. The minimum Gasteiger partial charge on any atom is -0.475 e. The number of aromatic nitrogens is 1. The molecule has 2 saturated heterocycles. The molecular weight excluding hydrogens is 525 g/mol. The van der Waals surface area contributed by atoms with Crippen molar-refractivity contribution in [2.24, 2.45) is 0 Å². The Morgan fingerprint density at radius 3 is 2.45 bits per heavy atom. The van der Waals surface area contributed by atoms with Crippen molar-refractivity contribution in [1.29, 1.82) is 0 Å². The monoisotopic (exact) mass is 554 g/mol. The van der Waals surface area contributed by atoms with Gasteiger partial charge in [0.1, 0.15) is 11.6 Å². The number of aliphatic hydroxyl groups excluding tert-OH is 1. The van der Waals surface area contributed by atoms with Crippen molar-refractivity contribution in [3.8, 4) is 5.75 Å². The topological polar surface area (TPSA) is 112 Å². The Hall–Kier alpha value is -3.06. The van der Waals surface area contributed by atoms with Crippen LogP contribution in [0.25, 0.3) is 0 Å². The summed E-state index contributed by atoms with van der Waals surface area (Å²) in [5, 5.41) is 9.39. The van der Waals surface area contributed by atoms with E-state index in [1.807, 2.05) is 9.62 Å². The Bertz CT molecular complexity index is 1310. The zero-order valence-corrected chi connectivity index (χ0v) is 21.4. The average molecular weight is 555 g/mol. The number of aliphatic hydroxyl groups is 1. The number of alkyl halides is 3. The summed E-state index contributed by atoms with van der Waals surface area (Å²) in [5.74, 6) is -0.702. The predicted molar refractivity (Wildman–Crippen MR) is 133 cm³/mol. The molecule has 1 aliphatic carbocycles. The zero-order valence-electron chi connectivity index (χ0n) is 20.6. The molecule has 0 spiro atoms. The van der Waals surface area contributed by atoms with Gasteiger partial charge in [-0.15, -0.1) is 0 Å². The number of carbonyl (C=O) groups is 1. The standard InChI is InChI=1S/C25H29F3N4O5S/c26-25(27,28)17-7-8-19(31-12-2-1-3-13-31)20(15-17)37-24(10-11-24)23(34)30-38(35,36)22-6-4-5-21(29-22)32-14-9-18(33)16-32/h4-8,15,18,33H,1-3,9-14,16H2,(H,30,34)/t18-/m0/s1. The van der Waals surface area contributed by atoms with Crippen LogP contribution in [0.1, 0.15) is 44.1 Å². The first-order valence-corrected chi connectivity index (χ1v) is 14.1. The summed E-state index contributed by atoms with van der Waals surface area (Å²) < 4.78 is 74.4. The number of nitrogens with one attached hydrogen (secondary N) is 1. The first-order chi connectivity index (χ1) is 18.0. The largest absolute Gasteiger partial charge is 0.475 e. The molecule has 2 aromatic rings. The van der Waals surface area contributed by atoms with E-state index in [4.69, 9.17) is 4.74 Å². The zero-order chi connectivity index (χ0) is 27.1. The molecule has 0 radical (unpaired) electrons.